The molecule has 1 rings (SSSR count). The van der Waals surface area contributed by atoms with Crippen molar-refractivity contribution in [3.63, 3.8) is 0 Å². The van der Waals surface area contributed by atoms with Crippen LogP contribution in [0.1, 0.15) is 30.7 Å². The summed E-state index contributed by atoms with van der Waals surface area (Å²) in [5.41, 5.74) is 0. The summed E-state index contributed by atoms with van der Waals surface area (Å²) in [6.45, 7) is 1.97. The number of carbonyl (C=O) groups excluding carboxylic acids is 1. The molecule has 0 fully saturated rings. The quantitative estimate of drug-likeness (QED) is 0.863. The van der Waals surface area contributed by atoms with Gasteiger partial charge in [0.05, 0.1) is 12.5 Å². The number of carbonyl (C=O) groups is 1. The first-order valence-corrected chi connectivity index (χ1v) is 7.74. The van der Waals surface area contributed by atoms with E-state index in [9.17, 15) is 4.79 Å². The summed E-state index contributed by atoms with van der Waals surface area (Å²) in [7, 11) is 3.76. The van der Waals surface area contributed by atoms with Crippen LogP contribution < -0.4 is 5.32 Å². The Kier molecular flexibility index (Phi) is 6.49. The molecule has 1 heterocycles. The smallest absolute Gasteiger partial charge is 0.243 e. The molecule has 0 aliphatic heterocycles. The summed E-state index contributed by atoms with van der Waals surface area (Å²) in [5, 5.41) is 13.6. The van der Waals surface area contributed by atoms with Gasteiger partial charge in [-0.3, -0.25) is 9.69 Å². The van der Waals surface area contributed by atoms with Gasteiger partial charge in [-0.05, 0) is 42.5 Å². The standard InChI is InChI=1S/C13H18BrN3OS/c1-4-10(5-6-15)16-13(18)12(17(2)3)11-7-9(14)8-19-11/h7-8,10,12H,4-5H2,1-3H3,(H,16,18). The van der Waals surface area contributed by atoms with Crippen molar-refractivity contribution in [2.45, 2.75) is 31.8 Å². The minimum Gasteiger partial charge on any atom is -0.351 e. The van der Waals surface area contributed by atoms with Crippen LogP contribution in [0.5, 0.6) is 0 Å². The van der Waals surface area contributed by atoms with Crippen molar-refractivity contribution in [2.24, 2.45) is 0 Å². The summed E-state index contributed by atoms with van der Waals surface area (Å²) in [4.78, 5) is 15.2. The molecule has 2 atom stereocenters. The number of halogens is 1. The van der Waals surface area contributed by atoms with E-state index in [2.05, 4.69) is 27.3 Å². The molecule has 6 heteroatoms. The van der Waals surface area contributed by atoms with E-state index in [1.807, 2.05) is 37.4 Å². The van der Waals surface area contributed by atoms with Gasteiger partial charge in [0.1, 0.15) is 6.04 Å². The Bertz CT molecular complexity index is 467. The van der Waals surface area contributed by atoms with Crippen molar-refractivity contribution in [3.05, 3.63) is 20.8 Å². The van der Waals surface area contributed by atoms with E-state index in [4.69, 9.17) is 5.26 Å². The van der Waals surface area contributed by atoms with Crippen LogP contribution in [0, 0.1) is 11.3 Å². The third-order valence-corrected chi connectivity index (χ3v) is 4.54. The highest BCUT2D eigenvalue weighted by Crippen LogP contribution is 2.28. The van der Waals surface area contributed by atoms with Crippen LogP contribution in [0.2, 0.25) is 0 Å². The van der Waals surface area contributed by atoms with Crippen molar-refractivity contribution in [1.29, 1.82) is 5.26 Å². The number of nitrogens with zero attached hydrogens (tertiary/aromatic N) is 2. The fraction of sp³-hybridized carbons (Fsp3) is 0.538. The Morgan fingerprint density at radius 1 is 1.63 bits per heavy atom. The van der Waals surface area contributed by atoms with Crippen LogP contribution in [0.3, 0.4) is 0 Å². The van der Waals surface area contributed by atoms with Gasteiger partial charge < -0.3 is 5.32 Å². The molecule has 4 nitrogen and oxygen atoms in total. The van der Waals surface area contributed by atoms with Crippen LogP contribution in [0.15, 0.2) is 15.9 Å². The van der Waals surface area contributed by atoms with Gasteiger partial charge >= 0.3 is 0 Å². The zero-order valence-corrected chi connectivity index (χ0v) is 13.7. The lowest BCUT2D eigenvalue weighted by atomic mass is 10.1. The second-order valence-corrected chi connectivity index (χ2v) is 6.37. The van der Waals surface area contributed by atoms with Crippen LogP contribution in [0.4, 0.5) is 0 Å². The molecule has 0 aromatic carbocycles. The predicted octanol–water partition coefficient (Wildman–Crippen LogP) is 2.92. The molecule has 0 spiro atoms. The van der Waals surface area contributed by atoms with Gasteiger partial charge in [0.2, 0.25) is 5.91 Å². The molecule has 1 N–H and O–H groups in total. The topological polar surface area (TPSA) is 56.1 Å². The van der Waals surface area contributed by atoms with Crippen LogP contribution in [-0.4, -0.2) is 30.9 Å². The summed E-state index contributed by atoms with van der Waals surface area (Å²) < 4.78 is 0.983. The Hall–Kier alpha value is -0.900. The van der Waals surface area contributed by atoms with Crippen LogP contribution in [-0.2, 0) is 4.79 Å². The Morgan fingerprint density at radius 2 is 2.32 bits per heavy atom. The number of likely N-dealkylation sites (N-methyl/N-ethyl adjacent to an activating group) is 1. The fourth-order valence-electron chi connectivity index (χ4n) is 1.78. The molecule has 0 bridgehead atoms. The van der Waals surface area contributed by atoms with Crippen molar-refractivity contribution in [3.8, 4) is 6.07 Å². The normalized spacial score (nSPS) is 13.9. The number of hydrogen-bond acceptors (Lipinski definition) is 4. The molecule has 2 unspecified atom stereocenters. The maximum absolute atomic E-state index is 12.4. The summed E-state index contributed by atoms with van der Waals surface area (Å²) in [5.74, 6) is -0.0542. The van der Waals surface area contributed by atoms with Gasteiger partial charge in [-0.25, -0.2) is 0 Å². The second kappa shape index (κ2) is 7.63. The monoisotopic (exact) mass is 343 g/mol. The van der Waals surface area contributed by atoms with Gasteiger partial charge in [0.25, 0.3) is 0 Å². The zero-order valence-electron chi connectivity index (χ0n) is 11.3. The molecule has 19 heavy (non-hydrogen) atoms. The summed E-state index contributed by atoms with van der Waals surface area (Å²) in [6.07, 6.45) is 1.10. The Balaban J connectivity index is 2.83. The van der Waals surface area contributed by atoms with E-state index in [0.29, 0.717) is 6.42 Å². The molecule has 104 valence electrons. The van der Waals surface area contributed by atoms with E-state index in [0.717, 1.165) is 15.8 Å². The van der Waals surface area contributed by atoms with Crippen molar-refractivity contribution in [1.82, 2.24) is 10.2 Å². The highest BCUT2D eigenvalue weighted by molar-refractivity contribution is 9.10. The highest BCUT2D eigenvalue weighted by atomic mass is 79.9. The Labute approximate surface area is 126 Å². The number of nitrogens with one attached hydrogen (secondary N) is 1. The second-order valence-electron chi connectivity index (χ2n) is 4.51. The van der Waals surface area contributed by atoms with E-state index < -0.39 is 0 Å². The first kappa shape index (κ1) is 16.2. The third-order valence-electron chi connectivity index (χ3n) is 2.80. The SMILES string of the molecule is CCC(CC#N)NC(=O)C(c1cc(Br)cs1)N(C)C. The number of rotatable bonds is 6. The molecule has 1 amide bonds. The Morgan fingerprint density at radius 3 is 2.74 bits per heavy atom. The lowest BCUT2D eigenvalue weighted by Gasteiger charge is -2.24. The van der Waals surface area contributed by atoms with E-state index >= 15 is 0 Å². The largest absolute Gasteiger partial charge is 0.351 e. The van der Waals surface area contributed by atoms with Crippen LogP contribution >= 0.6 is 27.3 Å². The average molecular weight is 344 g/mol. The van der Waals surface area contributed by atoms with Gasteiger partial charge in [-0.1, -0.05) is 6.92 Å². The summed E-state index contributed by atoms with van der Waals surface area (Å²) >= 11 is 4.95. The van der Waals surface area contributed by atoms with Gasteiger partial charge in [-0.2, -0.15) is 5.26 Å². The molecule has 0 saturated heterocycles. The van der Waals surface area contributed by atoms with Crippen LogP contribution in [0.25, 0.3) is 0 Å². The maximum atomic E-state index is 12.4. The van der Waals surface area contributed by atoms with Gasteiger partial charge in [-0.15, -0.1) is 11.3 Å². The lowest BCUT2D eigenvalue weighted by molar-refractivity contribution is -0.126. The first-order chi connectivity index (χ1) is 8.99. The maximum Gasteiger partial charge on any atom is 0.243 e. The lowest BCUT2D eigenvalue weighted by Crippen LogP contribution is -2.41. The van der Waals surface area contributed by atoms with Gasteiger partial charge in [0.15, 0.2) is 0 Å². The van der Waals surface area contributed by atoms with Crippen molar-refractivity contribution < 1.29 is 4.79 Å². The molecule has 1 aromatic rings. The van der Waals surface area contributed by atoms with Crippen molar-refractivity contribution >= 4 is 33.2 Å². The van der Waals surface area contributed by atoms with Gasteiger partial charge in [0, 0.05) is 20.8 Å². The average Bonchev–Trinajstić information content (AvgIpc) is 2.74. The van der Waals surface area contributed by atoms with E-state index in [1.54, 1.807) is 11.3 Å². The molecule has 1 aromatic heterocycles. The molecule has 0 aliphatic carbocycles. The van der Waals surface area contributed by atoms with Crippen molar-refractivity contribution in [2.75, 3.05) is 14.1 Å². The van der Waals surface area contributed by atoms with E-state index in [1.165, 1.54) is 0 Å². The molecule has 0 saturated carbocycles. The number of amides is 1. The minimum absolute atomic E-state index is 0.0542. The molecule has 0 radical (unpaired) electrons. The predicted molar refractivity (Wildman–Crippen MR) is 80.9 cm³/mol. The third kappa shape index (κ3) is 4.60. The zero-order chi connectivity index (χ0) is 14.4. The number of thiophene rings is 1. The summed E-state index contributed by atoms with van der Waals surface area (Å²) in [6, 6.07) is 3.67. The molecular weight excluding hydrogens is 326 g/mol. The molecule has 0 aliphatic rings. The fourth-order valence-corrected chi connectivity index (χ4v) is 3.41. The molecular formula is C13H18BrN3OS. The number of nitriles is 1. The number of hydrogen-bond donors (Lipinski definition) is 1. The first-order valence-electron chi connectivity index (χ1n) is 6.07. The van der Waals surface area contributed by atoms with E-state index in [-0.39, 0.29) is 18.0 Å². The highest BCUT2D eigenvalue weighted by Gasteiger charge is 2.25. The minimum atomic E-state index is -0.316.